The standard InChI is InChI=1S/C16H33N3/c1-13-6-5-9-16(11-13,19(2)3)12-18-15-8-4-7-14(17)10-15/h13-15,18H,4-12,17H2,1-3H3. The van der Waals surface area contributed by atoms with E-state index in [0.717, 1.165) is 12.5 Å². The van der Waals surface area contributed by atoms with Crippen LogP contribution in [0.3, 0.4) is 0 Å². The molecule has 0 heterocycles. The molecule has 3 nitrogen and oxygen atoms in total. The Morgan fingerprint density at radius 2 is 2.00 bits per heavy atom. The zero-order valence-corrected chi connectivity index (χ0v) is 13.1. The summed E-state index contributed by atoms with van der Waals surface area (Å²) in [5.74, 6) is 0.867. The molecule has 0 aliphatic heterocycles. The first-order chi connectivity index (χ1) is 9.02. The highest BCUT2D eigenvalue weighted by Crippen LogP contribution is 2.35. The third-order valence-electron chi connectivity index (χ3n) is 5.45. The summed E-state index contributed by atoms with van der Waals surface area (Å²) in [4.78, 5) is 2.47. The van der Waals surface area contributed by atoms with Gasteiger partial charge in [0.05, 0.1) is 0 Å². The molecule has 4 unspecified atom stereocenters. The van der Waals surface area contributed by atoms with Gasteiger partial charge < -0.3 is 16.0 Å². The lowest BCUT2D eigenvalue weighted by molar-refractivity contribution is 0.0703. The summed E-state index contributed by atoms with van der Waals surface area (Å²) >= 11 is 0. The number of likely N-dealkylation sites (N-methyl/N-ethyl adjacent to an activating group) is 1. The van der Waals surface area contributed by atoms with Crippen molar-refractivity contribution in [2.75, 3.05) is 20.6 Å². The Bertz CT molecular complexity index is 279. The second-order valence-electron chi connectivity index (χ2n) is 7.32. The van der Waals surface area contributed by atoms with Gasteiger partial charge in [-0.1, -0.05) is 26.2 Å². The summed E-state index contributed by atoms with van der Waals surface area (Å²) in [6.45, 7) is 3.55. The van der Waals surface area contributed by atoms with Crippen molar-refractivity contribution in [1.82, 2.24) is 10.2 Å². The van der Waals surface area contributed by atoms with Crippen molar-refractivity contribution < 1.29 is 0 Å². The Morgan fingerprint density at radius 1 is 1.21 bits per heavy atom. The number of nitrogens with zero attached hydrogens (tertiary/aromatic N) is 1. The number of hydrogen-bond acceptors (Lipinski definition) is 3. The maximum absolute atomic E-state index is 6.10. The summed E-state index contributed by atoms with van der Waals surface area (Å²) in [6.07, 6.45) is 10.5. The Kier molecular flexibility index (Phi) is 5.27. The SMILES string of the molecule is CC1CCCC(CNC2CCCC(N)C2)(N(C)C)C1. The third-order valence-corrected chi connectivity index (χ3v) is 5.45. The molecule has 19 heavy (non-hydrogen) atoms. The largest absolute Gasteiger partial charge is 0.328 e. The zero-order chi connectivity index (χ0) is 13.9. The van der Waals surface area contributed by atoms with Crippen molar-refractivity contribution in [2.45, 2.75) is 75.9 Å². The highest BCUT2D eigenvalue weighted by molar-refractivity contribution is 4.96. The first kappa shape index (κ1) is 15.3. The van der Waals surface area contributed by atoms with Crippen LogP contribution in [-0.2, 0) is 0 Å². The molecule has 2 aliphatic rings. The van der Waals surface area contributed by atoms with E-state index < -0.39 is 0 Å². The zero-order valence-electron chi connectivity index (χ0n) is 13.1. The van der Waals surface area contributed by atoms with Crippen LogP contribution in [0.5, 0.6) is 0 Å². The maximum Gasteiger partial charge on any atom is 0.0330 e. The number of hydrogen-bond donors (Lipinski definition) is 2. The van der Waals surface area contributed by atoms with Gasteiger partial charge in [-0.3, -0.25) is 0 Å². The van der Waals surface area contributed by atoms with Gasteiger partial charge in [0.15, 0.2) is 0 Å². The van der Waals surface area contributed by atoms with Gasteiger partial charge in [-0.2, -0.15) is 0 Å². The molecule has 2 saturated carbocycles. The van der Waals surface area contributed by atoms with Gasteiger partial charge in [-0.05, 0) is 52.1 Å². The van der Waals surface area contributed by atoms with E-state index in [-0.39, 0.29) is 0 Å². The molecule has 0 aromatic heterocycles. The lowest BCUT2D eigenvalue weighted by Gasteiger charge is -2.46. The summed E-state index contributed by atoms with van der Waals surface area (Å²) in [5.41, 5.74) is 6.47. The molecule has 2 fully saturated rings. The van der Waals surface area contributed by atoms with Gasteiger partial charge in [0.2, 0.25) is 0 Å². The lowest BCUT2D eigenvalue weighted by atomic mass is 9.75. The normalized spacial score (nSPS) is 40.6. The molecule has 0 amide bonds. The maximum atomic E-state index is 6.10. The van der Waals surface area contributed by atoms with E-state index >= 15 is 0 Å². The molecule has 0 saturated heterocycles. The van der Waals surface area contributed by atoms with Crippen molar-refractivity contribution >= 4 is 0 Å². The summed E-state index contributed by atoms with van der Waals surface area (Å²) in [5, 5.41) is 3.84. The van der Waals surface area contributed by atoms with Crippen LogP contribution in [0.2, 0.25) is 0 Å². The molecule has 0 bridgehead atoms. The molecule has 0 aromatic rings. The monoisotopic (exact) mass is 267 g/mol. The van der Waals surface area contributed by atoms with Crippen molar-refractivity contribution in [3.8, 4) is 0 Å². The predicted octanol–water partition coefficient (Wildman–Crippen LogP) is 2.36. The molecule has 2 aliphatic carbocycles. The Balaban J connectivity index is 1.89. The van der Waals surface area contributed by atoms with Crippen molar-refractivity contribution in [3.05, 3.63) is 0 Å². The molecule has 0 radical (unpaired) electrons. The second-order valence-corrected chi connectivity index (χ2v) is 7.32. The van der Waals surface area contributed by atoms with Crippen LogP contribution >= 0.6 is 0 Å². The third kappa shape index (κ3) is 3.93. The topological polar surface area (TPSA) is 41.3 Å². The molecule has 3 N–H and O–H groups in total. The van der Waals surface area contributed by atoms with Crippen molar-refractivity contribution in [2.24, 2.45) is 11.7 Å². The first-order valence-corrected chi connectivity index (χ1v) is 8.18. The Morgan fingerprint density at radius 3 is 2.63 bits per heavy atom. The number of nitrogens with one attached hydrogen (secondary N) is 1. The minimum Gasteiger partial charge on any atom is -0.328 e. The van der Waals surface area contributed by atoms with Crippen LogP contribution in [-0.4, -0.2) is 43.2 Å². The van der Waals surface area contributed by atoms with Gasteiger partial charge in [-0.25, -0.2) is 0 Å². The molecule has 3 heteroatoms. The highest BCUT2D eigenvalue weighted by atomic mass is 15.2. The van der Waals surface area contributed by atoms with Crippen LogP contribution in [0.4, 0.5) is 0 Å². The van der Waals surface area contributed by atoms with Gasteiger partial charge in [0, 0.05) is 24.2 Å². The second kappa shape index (κ2) is 6.55. The van der Waals surface area contributed by atoms with Gasteiger partial charge in [0.25, 0.3) is 0 Å². The van der Waals surface area contributed by atoms with Gasteiger partial charge >= 0.3 is 0 Å². The fourth-order valence-electron chi connectivity index (χ4n) is 4.10. The molecule has 112 valence electrons. The van der Waals surface area contributed by atoms with Gasteiger partial charge in [0.1, 0.15) is 0 Å². The van der Waals surface area contributed by atoms with E-state index in [4.69, 9.17) is 5.73 Å². The summed E-state index contributed by atoms with van der Waals surface area (Å²) in [6, 6.07) is 1.07. The molecule has 0 aromatic carbocycles. The predicted molar refractivity (Wildman–Crippen MR) is 82.3 cm³/mol. The van der Waals surface area contributed by atoms with Crippen LogP contribution in [0.25, 0.3) is 0 Å². The van der Waals surface area contributed by atoms with Crippen LogP contribution in [0.15, 0.2) is 0 Å². The average Bonchev–Trinajstić information content (AvgIpc) is 2.36. The quantitative estimate of drug-likeness (QED) is 0.821. The van der Waals surface area contributed by atoms with Gasteiger partial charge in [-0.15, -0.1) is 0 Å². The van der Waals surface area contributed by atoms with E-state index in [0.29, 0.717) is 17.6 Å². The van der Waals surface area contributed by atoms with E-state index in [1.807, 2.05) is 0 Å². The lowest BCUT2D eigenvalue weighted by Crippen LogP contribution is -2.56. The first-order valence-electron chi connectivity index (χ1n) is 8.18. The van der Waals surface area contributed by atoms with Crippen LogP contribution in [0, 0.1) is 5.92 Å². The number of nitrogens with two attached hydrogens (primary N) is 1. The fourth-order valence-corrected chi connectivity index (χ4v) is 4.10. The fraction of sp³-hybridized carbons (Fsp3) is 1.00. The molecule has 4 atom stereocenters. The van der Waals surface area contributed by atoms with E-state index in [9.17, 15) is 0 Å². The minimum absolute atomic E-state index is 0.374. The van der Waals surface area contributed by atoms with Crippen LogP contribution < -0.4 is 11.1 Å². The molecule has 0 spiro atoms. The van der Waals surface area contributed by atoms with Crippen LogP contribution in [0.1, 0.15) is 58.3 Å². The van der Waals surface area contributed by atoms with E-state index in [2.05, 4.69) is 31.2 Å². The minimum atomic E-state index is 0.374. The van der Waals surface area contributed by atoms with E-state index in [1.54, 1.807) is 0 Å². The number of rotatable bonds is 4. The molecule has 2 rings (SSSR count). The summed E-state index contributed by atoms with van der Waals surface area (Å²) in [7, 11) is 4.51. The highest BCUT2D eigenvalue weighted by Gasteiger charge is 2.37. The molecular formula is C16H33N3. The van der Waals surface area contributed by atoms with Crippen molar-refractivity contribution in [1.29, 1.82) is 0 Å². The smallest absolute Gasteiger partial charge is 0.0330 e. The Hall–Kier alpha value is -0.120. The van der Waals surface area contributed by atoms with E-state index in [1.165, 1.54) is 51.4 Å². The summed E-state index contributed by atoms with van der Waals surface area (Å²) < 4.78 is 0. The van der Waals surface area contributed by atoms with Crippen molar-refractivity contribution in [3.63, 3.8) is 0 Å². The Labute approximate surface area is 119 Å². The average molecular weight is 267 g/mol. The molecular weight excluding hydrogens is 234 g/mol.